The largest absolute Gasteiger partial charge is 0.508 e. The van der Waals surface area contributed by atoms with Crippen LogP contribution in [0.3, 0.4) is 0 Å². The molecule has 70 valence electrons. The Kier molecular flexibility index (Phi) is 2.63. The molecule has 1 unspecified atom stereocenters. The van der Waals surface area contributed by atoms with Gasteiger partial charge < -0.3 is 10.8 Å². The fraction of sp³-hybridized carbons (Fsp3) is 0.222. The van der Waals surface area contributed by atoms with Gasteiger partial charge in [-0.3, -0.25) is 4.79 Å². The molecular weight excluding hydrogens is 173 g/mol. The van der Waals surface area contributed by atoms with Crippen LogP contribution in [-0.4, -0.2) is 10.9 Å². The van der Waals surface area contributed by atoms with E-state index in [1.807, 2.05) is 0 Å². The lowest BCUT2D eigenvalue weighted by Crippen LogP contribution is -2.18. The summed E-state index contributed by atoms with van der Waals surface area (Å²) in [6.45, 7) is 1.29. The van der Waals surface area contributed by atoms with Gasteiger partial charge in [-0.2, -0.15) is 0 Å². The average molecular weight is 183 g/mol. The van der Waals surface area contributed by atoms with Crippen molar-refractivity contribution in [1.82, 2.24) is 0 Å². The quantitative estimate of drug-likeness (QED) is 0.722. The fourth-order valence-electron chi connectivity index (χ4n) is 0.993. The number of hydrogen-bond donors (Lipinski definition) is 2. The van der Waals surface area contributed by atoms with Crippen molar-refractivity contribution >= 4 is 5.78 Å². The number of Topliss-reactive ketones (excluding diaryl/α,β-unsaturated/α-hetero) is 1. The first-order valence-corrected chi connectivity index (χ1v) is 3.77. The molecule has 0 aliphatic heterocycles. The highest BCUT2D eigenvalue weighted by molar-refractivity contribution is 5.83. The standard InChI is InChI=1S/C9H10FNO2/c1-5(12)9(11)7-4-6(10)2-3-8(7)13/h2-4,9,13H,11H2,1H3. The Balaban J connectivity index is 3.12. The molecule has 0 aliphatic rings. The Bertz CT molecular complexity index is 338. The van der Waals surface area contributed by atoms with E-state index in [0.29, 0.717) is 0 Å². The molecule has 13 heavy (non-hydrogen) atoms. The van der Waals surface area contributed by atoms with E-state index >= 15 is 0 Å². The van der Waals surface area contributed by atoms with Gasteiger partial charge in [0.2, 0.25) is 0 Å². The summed E-state index contributed by atoms with van der Waals surface area (Å²) in [6.07, 6.45) is 0. The van der Waals surface area contributed by atoms with Gasteiger partial charge in [-0.1, -0.05) is 0 Å². The van der Waals surface area contributed by atoms with E-state index in [4.69, 9.17) is 5.73 Å². The Morgan fingerprint density at radius 2 is 2.23 bits per heavy atom. The first kappa shape index (κ1) is 9.67. The fourth-order valence-corrected chi connectivity index (χ4v) is 0.993. The molecular formula is C9H10FNO2. The van der Waals surface area contributed by atoms with Gasteiger partial charge in [0.15, 0.2) is 5.78 Å². The van der Waals surface area contributed by atoms with Crippen LogP contribution < -0.4 is 5.73 Å². The molecule has 0 radical (unpaired) electrons. The van der Waals surface area contributed by atoms with Crippen LogP contribution in [0.5, 0.6) is 5.75 Å². The van der Waals surface area contributed by atoms with E-state index in [-0.39, 0.29) is 17.1 Å². The number of benzene rings is 1. The van der Waals surface area contributed by atoms with Crippen molar-refractivity contribution in [2.75, 3.05) is 0 Å². The molecule has 4 heteroatoms. The predicted octanol–water partition coefficient (Wildman–Crippen LogP) is 1.12. The Morgan fingerprint density at radius 1 is 1.62 bits per heavy atom. The number of phenolic OH excluding ortho intramolecular Hbond substituents is 1. The van der Waals surface area contributed by atoms with Crippen LogP contribution in [-0.2, 0) is 4.79 Å². The van der Waals surface area contributed by atoms with Crippen molar-refractivity contribution in [3.63, 3.8) is 0 Å². The highest BCUT2D eigenvalue weighted by atomic mass is 19.1. The maximum absolute atomic E-state index is 12.7. The topological polar surface area (TPSA) is 63.3 Å². The second-order valence-corrected chi connectivity index (χ2v) is 2.79. The Hall–Kier alpha value is -1.42. The number of carbonyl (C=O) groups excluding carboxylic acids is 1. The van der Waals surface area contributed by atoms with Gasteiger partial charge in [-0.25, -0.2) is 4.39 Å². The first-order valence-electron chi connectivity index (χ1n) is 3.77. The third kappa shape index (κ3) is 2.03. The summed E-state index contributed by atoms with van der Waals surface area (Å²) < 4.78 is 12.7. The van der Waals surface area contributed by atoms with Gasteiger partial charge in [0.25, 0.3) is 0 Å². The molecule has 1 rings (SSSR count). The molecule has 0 aliphatic carbocycles. The van der Waals surface area contributed by atoms with Gasteiger partial charge >= 0.3 is 0 Å². The molecule has 0 aromatic heterocycles. The highest BCUT2D eigenvalue weighted by Crippen LogP contribution is 2.23. The molecule has 0 saturated heterocycles. The number of phenols is 1. The van der Waals surface area contributed by atoms with Gasteiger partial charge in [0.05, 0.1) is 6.04 Å². The van der Waals surface area contributed by atoms with Crippen LogP contribution in [0.1, 0.15) is 18.5 Å². The van der Waals surface area contributed by atoms with E-state index in [0.717, 1.165) is 12.1 Å². The number of rotatable bonds is 2. The summed E-state index contributed by atoms with van der Waals surface area (Å²) >= 11 is 0. The van der Waals surface area contributed by atoms with Crippen LogP contribution in [0.15, 0.2) is 18.2 Å². The summed E-state index contributed by atoms with van der Waals surface area (Å²) in [4.78, 5) is 10.8. The summed E-state index contributed by atoms with van der Waals surface area (Å²) in [5, 5.41) is 9.26. The molecule has 0 bridgehead atoms. The van der Waals surface area contributed by atoms with E-state index < -0.39 is 11.9 Å². The number of carbonyl (C=O) groups is 1. The van der Waals surface area contributed by atoms with E-state index in [1.54, 1.807) is 0 Å². The maximum atomic E-state index is 12.7. The normalized spacial score (nSPS) is 12.5. The molecule has 3 nitrogen and oxygen atoms in total. The van der Waals surface area contributed by atoms with Crippen molar-refractivity contribution in [1.29, 1.82) is 0 Å². The lowest BCUT2D eigenvalue weighted by Gasteiger charge is -2.09. The van der Waals surface area contributed by atoms with E-state index in [9.17, 15) is 14.3 Å². The van der Waals surface area contributed by atoms with Crippen molar-refractivity contribution in [3.8, 4) is 5.75 Å². The van der Waals surface area contributed by atoms with Gasteiger partial charge in [-0.15, -0.1) is 0 Å². The molecule has 0 amide bonds. The van der Waals surface area contributed by atoms with E-state index in [1.165, 1.54) is 13.0 Å². The third-order valence-corrected chi connectivity index (χ3v) is 1.76. The lowest BCUT2D eigenvalue weighted by atomic mass is 10.0. The van der Waals surface area contributed by atoms with E-state index in [2.05, 4.69) is 0 Å². The SMILES string of the molecule is CC(=O)C(N)c1cc(F)ccc1O. The van der Waals surface area contributed by atoms with Gasteiger partial charge in [0, 0.05) is 5.56 Å². The van der Waals surface area contributed by atoms with Crippen LogP contribution >= 0.6 is 0 Å². The molecule has 0 saturated carbocycles. The van der Waals surface area contributed by atoms with Crippen LogP contribution in [0.4, 0.5) is 4.39 Å². The monoisotopic (exact) mass is 183 g/mol. The zero-order valence-corrected chi connectivity index (χ0v) is 7.12. The summed E-state index contributed by atoms with van der Waals surface area (Å²) in [5.41, 5.74) is 5.55. The number of aromatic hydroxyl groups is 1. The Morgan fingerprint density at radius 3 is 2.77 bits per heavy atom. The lowest BCUT2D eigenvalue weighted by molar-refractivity contribution is -0.118. The van der Waals surface area contributed by atoms with Crippen LogP contribution in [0, 0.1) is 5.82 Å². The number of hydrogen-bond acceptors (Lipinski definition) is 3. The summed E-state index contributed by atoms with van der Waals surface area (Å²) in [6, 6.07) is 2.37. The molecule has 0 fully saturated rings. The van der Waals surface area contributed by atoms with Gasteiger partial charge in [0.1, 0.15) is 11.6 Å². The molecule has 1 atom stereocenters. The third-order valence-electron chi connectivity index (χ3n) is 1.76. The highest BCUT2D eigenvalue weighted by Gasteiger charge is 2.15. The molecule has 1 aromatic carbocycles. The molecule has 3 N–H and O–H groups in total. The number of ketones is 1. The van der Waals surface area contributed by atoms with Crippen molar-refractivity contribution in [2.24, 2.45) is 5.73 Å². The minimum Gasteiger partial charge on any atom is -0.508 e. The zero-order chi connectivity index (χ0) is 10.0. The minimum atomic E-state index is -0.962. The van der Waals surface area contributed by atoms with Crippen molar-refractivity contribution < 1.29 is 14.3 Å². The van der Waals surface area contributed by atoms with Gasteiger partial charge in [-0.05, 0) is 25.1 Å². The maximum Gasteiger partial charge on any atom is 0.151 e. The zero-order valence-electron chi connectivity index (χ0n) is 7.12. The second-order valence-electron chi connectivity index (χ2n) is 2.79. The molecule has 0 spiro atoms. The number of halogens is 1. The van der Waals surface area contributed by atoms with Crippen LogP contribution in [0.2, 0.25) is 0 Å². The summed E-state index contributed by atoms with van der Waals surface area (Å²) in [5.74, 6) is -1.01. The van der Waals surface area contributed by atoms with Crippen molar-refractivity contribution in [2.45, 2.75) is 13.0 Å². The average Bonchev–Trinajstić information content (AvgIpc) is 2.08. The minimum absolute atomic E-state index is 0.118. The molecule has 1 aromatic rings. The first-order chi connectivity index (χ1) is 6.02. The Labute approximate surface area is 75.0 Å². The predicted molar refractivity (Wildman–Crippen MR) is 45.7 cm³/mol. The number of nitrogens with two attached hydrogens (primary N) is 1. The smallest absolute Gasteiger partial charge is 0.151 e. The summed E-state index contributed by atoms with van der Waals surface area (Å²) in [7, 11) is 0. The molecule has 0 heterocycles. The van der Waals surface area contributed by atoms with Crippen molar-refractivity contribution in [3.05, 3.63) is 29.6 Å². The second kappa shape index (κ2) is 3.53. The van der Waals surface area contributed by atoms with Crippen LogP contribution in [0.25, 0.3) is 0 Å².